The van der Waals surface area contributed by atoms with Gasteiger partial charge in [-0.05, 0) is 86.0 Å². The van der Waals surface area contributed by atoms with E-state index < -0.39 is 5.41 Å². The maximum Gasteiger partial charge on any atom is 0.160 e. The van der Waals surface area contributed by atoms with E-state index in [0.29, 0.717) is 5.82 Å². The third-order valence-corrected chi connectivity index (χ3v) is 13.7. The fourth-order valence-electron chi connectivity index (χ4n) is 9.78. The molecule has 0 aliphatic heterocycles. The topological polar surface area (TPSA) is 25.8 Å². The van der Waals surface area contributed by atoms with Crippen LogP contribution in [-0.4, -0.2) is 9.97 Å². The first-order chi connectivity index (χ1) is 30.7. The van der Waals surface area contributed by atoms with Gasteiger partial charge in [-0.25, -0.2) is 9.97 Å². The second-order valence-electron chi connectivity index (χ2n) is 16.1. The van der Waals surface area contributed by atoms with Gasteiger partial charge >= 0.3 is 0 Å². The van der Waals surface area contributed by atoms with Crippen molar-refractivity contribution in [2.75, 3.05) is 0 Å². The Bertz CT molecular complexity index is 3400. The number of hydrogen-bond donors (Lipinski definition) is 0. The highest BCUT2D eigenvalue weighted by Crippen LogP contribution is 2.56. The van der Waals surface area contributed by atoms with Crippen molar-refractivity contribution in [1.82, 2.24) is 9.97 Å². The summed E-state index contributed by atoms with van der Waals surface area (Å²) in [6, 6.07) is 83.4. The lowest BCUT2D eigenvalue weighted by Crippen LogP contribution is -2.28. The molecule has 62 heavy (non-hydrogen) atoms. The standard InChI is InChI=1S/C59H38N2S/c1-4-16-41(17-5-1)58-60-53(40-32-30-39(31-33-40)47-26-15-29-56-57(47)50-25-11-13-28-55(50)62-56)38-54(61-58)44-19-14-18-42(36-44)43-34-35-49-48-24-10-12-27-51(48)59(52(49)37-43,45-20-6-2-7-21-45)46-22-8-3-9-23-46/h1-38H. The van der Waals surface area contributed by atoms with E-state index in [9.17, 15) is 0 Å². The van der Waals surface area contributed by atoms with Crippen molar-refractivity contribution in [1.29, 1.82) is 0 Å². The summed E-state index contributed by atoms with van der Waals surface area (Å²) in [6.07, 6.45) is 0. The molecule has 11 aromatic rings. The lowest BCUT2D eigenvalue weighted by molar-refractivity contribution is 0.769. The van der Waals surface area contributed by atoms with E-state index in [2.05, 4.69) is 212 Å². The quantitative estimate of drug-likeness (QED) is 0.160. The summed E-state index contributed by atoms with van der Waals surface area (Å²) in [5.74, 6) is 0.702. The van der Waals surface area contributed by atoms with Crippen molar-refractivity contribution >= 4 is 31.5 Å². The van der Waals surface area contributed by atoms with E-state index in [0.717, 1.165) is 39.2 Å². The van der Waals surface area contributed by atoms with E-state index in [1.54, 1.807) is 0 Å². The summed E-state index contributed by atoms with van der Waals surface area (Å²) in [5.41, 5.74) is 16.8. The predicted molar refractivity (Wildman–Crippen MR) is 259 cm³/mol. The minimum atomic E-state index is -0.465. The Labute approximate surface area is 365 Å². The van der Waals surface area contributed by atoms with Crippen molar-refractivity contribution in [2.45, 2.75) is 5.41 Å². The zero-order valence-corrected chi connectivity index (χ0v) is 34.6. The smallest absolute Gasteiger partial charge is 0.160 e. The summed E-state index contributed by atoms with van der Waals surface area (Å²) in [5, 5.41) is 2.62. The molecule has 2 nitrogen and oxygen atoms in total. The van der Waals surface area contributed by atoms with Crippen LogP contribution >= 0.6 is 11.3 Å². The molecule has 2 aromatic heterocycles. The van der Waals surface area contributed by atoms with E-state index >= 15 is 0 Å². The minimum absolute atomic E-state index is 0.465. The second kappa shape index (κ2) is 14.8. The van der Waals surface area contributed by atoms with Gasteiger partial charge in [-0.2, -0.15) is 0 Å². The molecule has 0 amide bonds. The largest absolute Gasteiger partial charge is 0.228 e. The van der Waals surface area contributed by atoms with Crippen LogP contribution in [0.25, 0.3) is 87.5 Å². The van der Waals surface area contributed by atoms with Crippen LogP contribution in [-0.2, 0) is 5.41 Å². The van der Waals surface area contributed by atoms with Crippen molar-refractivity contribution in [3.8, 4) is 67.3 Å². The molecule has 0 atom stereocenters. The Hall–Kier alpha value is -7.72. The Morgan fingerprint density at radius 2 is 0.855 bits per heavy atom. The van der Waals surface area contributed by atoms with Gasteiger partial charge in [0.25, 0.3) is 0 Å². The maximum absolute atomic E-state index is 5.23. The van der Waals surface area contributed by atoms with E-state index in [4.69, 9.17) is 9.97 Å². The summed E-state index contributed by atoms with van der Waals surface area (Å²) < 4.78 is 2.62. The molecular formula is C59H38N2S. The van der Waals surface area contributed by atoms with Crippen LogP contribution in [0.5, 0.6) is 0 Å². The van der Waals surface area contributed by atoms with E-state index in [1.807, 2.05) is 29.5 Å². The Kier molecular flexibility index (Phi) is 8.62. The average molecular weight is 807 g/mol. The first-order valence-electron chi connectivity index (χ1n) is 21.1. The first kappa shape index (κ1) is 36.2. The predicted octanol–water partition coefficient (Wildman–Crippen LogP) is 15.5. The molecule has 2 heterocycles. The highest BCUT2D eigenvalue weighted by Gasteiger charge is 2.46. The summed E-state index contributed by atoms with van der Waals surface area (Å²) >= 11 is 1.85. The Morgan fingerprint density at radius 3 is 1.63 bits per heavy atom. The number of fused-ring (bicyclic) bond motifs is 6. The molecule has 0 bridgehead atoms. The molecule has 290 valence electrons. The molecule has 1 aliphatic rings. The summed E-state index contributed by atoms with van der Waals surface area (Å²) in [7, 11) is 0. The number of hydrogen-bond acceptors (Lipinski definition) is 3. The van der Waals surface area contributed by atoms with E-state index in [-0.39, 0.29) is 0 Å². The van der Waals surface area contributed by atoms with Crippen LogP contribution in [0.1, 0.15) is 22.3 Å². The molecule has 0 saturated heterocycles. The maximum atomic E-state index is 5.23. The molecule has 0 N–H and O–H groups in total. The molecule has 3 heteroatoms. The SMILES string of the molecule is c1ccc(-c2nc(-c3ccc(-c4cccc5sc6ccccc6c45)cc3)cc(-c3cccc(-c4ccc5c(c4)C(c4ccccc4)(c4ccccc4)c4ccccc4-5)c3)n2)cc1. The average Bonchev–Trinajstić information content (AvgIpc) is 3.89. The molecular weight excluding hydrogens is 769 g/mol. The molecule has 9 aromatic carbocycles. The van der Waals surface area contributed by atoms with Crippen molar-refractivity contribution < 1.29 is 0 Å². The van der Waals surface area contributed by atoms with Gasteiger partial charge in [0.05, 0.1) is 16.8 Å². The zero-order valence-electron chi connectivity index (χ0n) is 33.7. The number of thiophene rings is 1. The third-order valence-electron chi connectivity index (χ3n) is 12.6. The van der Waals surface area contributed by atoms with Gasteiger partial charge in [0, 0.05) is 36.9 Å². The molecule has 12 rings (SSSR count). The fourth-order valence-corrected chi connectivity index (χ4v) is 10.9. The first-order valence-corrected chi connectivity index (χ1v) is 22.0. The van der Waals surface area contributed by atoms with Gasteiger partial charge in [-0.3, -0.25) is 0 Å². The normalized spacial score (nSPS) is 12.6. The van der Waals surface area contributed by atoms with Gasteiger partial charge in [-0.1, -0.05) is 200 Å². The second-order valence-corrected chi connectivity index (χ2v) is 17.1. The molecule has 0 saturated carbocycles. The summed E-state index contributed by atoms with van der Waals surface area (Å²) in [4.78, 5) is 10.4. The van der Waals surface area contributed by atoms with Crippen LogP contribution in [0, 0.1) is 0 Å². The van der Waals surface area contributed by atoms with Crippen molar-refractivity contribution in [2.24, 2.45) is 0 Å². The van der Waals surface area contributed by atoms with Crippen LogP contribution in [0.4, 0.5) is 0 Å². The highest BCUT2D eigenvalue weighted by atomic mass is 32.1. The van der Waals surface area contributed by atoms with Crippen LogP contribution in [0.3, 0.4) is 0 Å². The molecule has 0 unspecified atom stereocenters. The van der Waals surface area contributed by atoms with Crippen LogP contribution < -0.4 is 0 Å². The highest BCUT2D eigenvalue weighted by molar-refractivity contribution is 7.25. The van der Waals surface area contributed by atoms with Crippen LogP contribution in [0.2, 0.25) is 0 Å². The van der Waals surface area contributed by atoms with Gasteiger partial charge < -0.3 is 0 Å². The fraction of sp³-hybridized carbons (Fsp3) is 0.0169. The lowest BCUT2D eigenvalue weighted by Gasteiger charge is -2.34. The van der Waals surface area contributed by atoms with Gasteiger partial charge in [0.15, 0.2) is 5.82 Å². The van der Waals surface area contributed by atoms with E-state index in [1.165, 1.54) is 64.7 Å². The van der Waals surface area contributed by atoms with Crippen molar-refractivity contribution in [3.63, 3.8) is 0 Å². The Morgan fingerprint density at radius 1 is 0.323 bits per heavy atom. The molecule has 0 fully saturated rings. The number of nitrogens with zero attached hydrogens (tertiary/aromatic N) is 2. The Balaban J connectivity index is 0.972. The van der Waals surface area contributed by atoms with Crippen molar-refractivity contribution in [3.05, 3.63) is 253 Å². The number of rotatable bonds is 7. The van der Waals surface area contributed by atoms with Gasteiger partial charge in [0.1, 0.15) is 0 Å². The third kappa shape index (κ3) is 5.85. The van der Waals surface area contributed by atoms with Gasteiger partial charge in [0.2, 0.25) is 0 Å². The van der Waals surface area contributed by atoms with Crippen LogP contribution in [0.15, 0.2) is 231 Å². The lowest BCUT2D eigenvalue weighted by atomic mass is 9.67. The van der Waals surface area contributed by atoms with Gasteiger partial charge in [-0.15, -0.1) is 11.3 Å². The molecule has 1 aliphatic carbocycles. The number of benzene rings is 9. The summed E-state index contributed by atoms with van der Waals surface area (Å²) in [6.45, 7) is 0. The minimum Gasteiger partial charge on any atom is -0.228 e. The number of aromatic nitrogens is 2. The molecule has 0 radical (unpaired) electrons. The zero-order chi connectivity index (χ0) is 41.0. The molecule has 0 spiro atoms. The monoisotopic (exact) mass is 806 g/mol.